The van der Waals surface area contributed by atoms with E-state index in [0.29, 0.717) is 16.0 Å². The number of nitriles is 1. The van der Waals surface area contributed by atoms with Crippen molar-refractivity contribution in [3.63, 3.8) is 0 Å². The lowest BCUT2D eigenvalue weighted by Gasteiger charge is -2.02. The molecule has 1 N–H and O–H groups in total. The van der Waals surface area contributed by atoms with Gasteiger partial charge in [-0.25, -0.2) is 4.98 Å². The molecule has 2 aromatic rings. The van der Waals surface area contributed by atoms with Gasteiger partial charge in [0.25, 0.3) is 0 Å². The van der Waals surface area contributed by atoms with Crippen LogP contribution in [0.3, 0.4) is 0 Å². The highest BCUT2D eigenvalue weighted by Gasteiger charge is 2.16. The Labute approximate surface area is 97.3 Å². The third-order valence-corrected chi connectivity index (χ3v) is 2.50. The predicted molar refractivity (Wildman–Crippen MR) is 59.3 cm³/mol. The Kier molecular flexibility index (Phi) is 2.55. The zero-order valence-corrected chi connectivity index (χ0v) is 9.23. The second-order valence-electron chi connectivity index (χ2n) is 3.36. The number of aryl methyl sites for hydroxylation is 1. The van der Waals surface area contributed by atoms with Crippen LogP contribution in [-0.4, -0.2) is 14.9 Å². The summed E-state index contributed by atoms with van der Waals surface area (Å²) in [5, 5.41) is 18.5. The fourth-order valence-electron chi connectivity index (χ4n) is 1.41. The number of hydrogen-bond donors (Lipinski definition) is 1. The second kappa shape index (κ2) is 3.87. The number of halogens is 1. The molecule has 16 heavy (non-hydrogen) atoms. The molecule has 0 spiro atoms. The molecule has 5 heteroatoms. The van der Waals surface area contributed by atoms with Gasteiger partial charge in [0.2, 0.25) is 5.82 Å². The molecular weight excluding hydrogens is 226 g/mol. The lowest BCUT2D eigenvalue weighted by molar-refractivity contribution is 0.187. The first-order chi connectivity index (χ1) is 7.63. The third kappa shape index (κ3) is 1.62. The molecule has 0 unspecified atom stereocenters. The second-order valence-corrected chi connectivity index (χ2v) is 3.72. The van der Waals surface area contributed by atoms with Crippen LogP contribution in [0.4, 0.5) is 0 Å². The third-order valence-electron chi connectivity index (χ3n) is 2.24. The summed E-state index contributed by atoms with van der Waals surface area (Å²) >= 11 is 5.86. The Balaban J connectivity index is 2.61. The fourth-order valence-corrected chi connectivity index (χ4v) is 1.68. The lowest BCUT2D eigenvalue weighted by Crippen LogP contribution is -1.96. The van der Waals surface area contributed by atoms with Gasteiger partial charge >= 0.3 is 0 Å². The van der Waals surface area contributed by atoms with E-state index in [9.17, 15) is 5.21 Å². The molecule has 1 aromatic heterocycles. The molecule has 0 radical (unpaired) electrons. The number of benzene rings is 1. The van der Waals surface area contributed by atoms with Crippen molar-refractivity contribution >= 4 is 11.6 Å². The molecule has 0 saturated heterocycles. The van der Waals surface area contributed by atoms with E-state index in [1.807, 2.05) is 31.2 Å². The summed E-state index contributed by atoms with van der Waals surface area (Å²) in [5.74, 6) is -0.124. The average Bonchev–Trinajstić information content (AvgIpc) is 2.56. The molecule has 0 bridgehead atoms. The van der Waals surface area contributed by atoms with E-state index in [-0.39, 0.29) is 11.0 Å². The first kappa shape index (κ1) is 10.5. The van der Waals surface area contributed by atoms with E-state index in [4.69, 9.17) is 16.9 Å². The van der Waals surface area contributed by atoms with E-state index in [1.54, 1.807) is 6.07 Å². The SMILES string of the molecule is Cc1ccc(-c2c(Cl)nc(C#N)n2O)cc1. The molecule has 1 aromatic carbocycles. The number of hydrogen-bond acceptors (Lipinski definition) is 3. The van der Waals surface area contributed by atoms with Gasteiger partial charge in [0.05, 0.1) is 0 Å². The largest absolute Gasteiger partial charge is 0.426 e. The normalized spacial score (nSPS) is 10.1. The zero-order chi connectivity index (χ0) is 11.7. The van der Waals surface area contributed by atoms with Crippen molar-refractivity contribution in [2.45, 2.75) is 6.92 Å². The van der Waals surface area contributed by atoms with Gasteiger partial charge in [0, 0.05) is 5.56 Å². The number of aromatic nitrogens is 2. The van der Waals surface area contributed by atoms with Crippen molar-refractivity contribution in [2.75, 3.05) is 0 Å². The Morgan fingerprint density at radius 1 is 1.38 bits per heavy atom. The molecule has 0 aliphatic rings. The molecule has 0 amide bonds. The van der Waals surface area contributed by atoms with Gasteiger partial charge in [-0.3, -0.25) is 0 Å². The van der Waals surface area contributed by atoms with E-state index in [1.165, 1.54) is 0 Å². The topological polar surface area (TPSA) is 61.8 Å². The van der Waals surface area contributed by atoms with E-state index in [0.717, 1.165) is 5.56 Å². The van der Waals surface area contributed by atoms with E-state index >= 15 is 0 Å². The molecule has 0 atom stereocenters. The van der Waals surface area contributed by atoms with Crippen molar-refractivity contribution in [1.29, 1.82) is 5.26 Å². The highest BCUT2D eigenvalue weighted by atomic mass is 35.5. The molecule has 0 fully saturated rings. The maximum Gasteiger partial charge on any atom is 0.248 e. The minimum atomic E-state index is -0.124. The van der Waals surface area contributed by atoms with Crippen molar-refractivity contribution < 1.29 is 5.21 Å². The van der Waals surface area contributed by atoms with Crippen LogP contribution in [0.25, 0.3) is 11.3 Å². The van der Waals surface area contributed by atoms with Crippen molar-refractivity contribution in [3.8, 4) is 17.3 Å². The maximum atomic E-state index is 9.68. The number of rotatable bonds is 1. The molecule has 2 rings (SSSR count). The first-order valence-corrected chi connectivity index (χ1v) is 4.96. The van der Waals surface area contributed by atoms with Gasteiger partial charge in [-0.15, -0.1) is 0 Å². The van der Waals surface area contributed by atoms with Gasteiger partial charge in [0.15, 0.2) is 5.15 Å². The molecule has 0 saturated carbocycles. The van der Waals surface area contributed by atoms with Crippen LogP contribution >= 0.6 is 11.6 Å². The van der Waals surface area contributed by atoms with Crippen LogP contribution in [-0.2, 0) is 0 Å². The van der Waals surface area contributed by atoms with Gasteiger partial charge in [0.1, 0.15) is 11.8 Å². The summed E-state index contributed by atoms with van der Waals surface area (Å²) in [6.07, 6.45) is 0. The molecule has 0 aliphatic heterocycles. The summed E-state index contributed by atoms with van der Waals surface area (Å²) in [6, 6.07) is 9.17. The Morgan fingerprint density at radius 3 is 2.50 bits per heavy atom. The monoisotopic (exact) mass is 233 g/mol. The van der Waals surface area contributed by atoms with Crippen LogP contribution < -0.4 is 0 Å². The van der Waals surface area contributed by atoms with Crippen LogP contribution in [0, 0.1) is 18.3 Å². The molecule has 1 heterocycles. The number of nitrogens with zero attached hydrogens (tertiary/aromatic N) is 3. The number of imidazole rings is 1. The summed E-state index contributed by atoms with van der Waals surface area (Å²) in [7, 11) is 0. The smallest absolute Gasteiger partial charge is 0.248 e. The molecule has 0 aliphatic carbocycles. The summed E-state index contributed by atoms with van der Waals surface area (Å²) in [4.78, 5) is 3.74. The van der Waals surface area contributed by atoms with Crippen LogP contribution in [0.5, 0.6) is 0 Å². The molecule has 80 valence electrons. The summed E-state index contributed by atoms with van der Waals surface area (Å²) < 4.78 is 0.701. The fraction of sp³-hybridized carbons (Fsp3) is 0.0909. The first-order valence-electron chi connectivity index (χ1n) is 4.58. The Bertz CT molecular complexity index is 566. The van der Waals surface area contributed by atoms with Gasteiger partial charge in [-0.2, -0.15) is 9.99 Å². The average molecular weight is 234 g/mol. The van der Waals surface area contributed by atoms with Crippen molar-refractivity contribution in [3.05, 3.63) is 40.8 Å². The highest BCUT2D eigenvalue weighted by molar-refractivity contribution is 6.32. The molecule has 4 nitrogen and oxygen atoms in total. The minimum absolute atomic E-state index is 0.114. The molecular formula is C11H8ClN3O. The Hall–Kier alpha value is -1.99. The van der Waals surface area contributed by atoms with Crippen molar-refractivity contribution in [1.82, 2.24) is 9.71 Å². The Morgan fingerprint density at radius 2 is 2.00 bits per heavy atom. The van der Waals surface area contributed by atoms with Crippen LogP contribution in [0.1, 0.15) is 11.4 Å². The van der Waals surface area contributed by atoms with Gasteiger partial charge < -0.3 is 5.21 Å². The summed E-state index contributed by atoms with van der Waals surface area (Å²) in [6.45, 7) is 1.96. The maximum absolute atomic E-state index is 9.68. The van der Waals surface area contributed by atoms with Gasteiger partial charge in [-0.1, -0.05) is 41.4 Å². The minimum Gasteiger partial charge on any atom is -0.426 e. The lowest BCUT2D eigenvalue weighted by atomic mass is 10.1. The van der Waals surface area contributed by atoms with Gasteiger partial charge in [-0.05, 0) is 6.92 Å². The van der Waals surface area contributed by atoms with E-state index in [2.05, 4.69) is 4.98 Å². The van der Waals surface area contributed by atoms with Crippen molar-refractivity contribution in [2.24, 2.45) is 0 Å². The predicted octanol–water partition coefficient (Wildman–Crippen LogP) is 2.62. The van der Waals surface area contributed by atoms with Crippen LogP contribution in [0.2, 0.25) is 5.15 Å². The standard InChI is InChI=1S/C11H8ClN3O/c1-7-2-4-8(5-3-7)10-11(12)14-9(6-13)15(10)16/h2-5,16H,1H3. The highest BCUT2D eigenvalue weighted by Crippen LogP contribution is 2.27. The zero-order valence-electron chi connectivity index (χ0n) is 8.48. The van der Waals surface area contributed by atoms with E-state index < -0.39 is 0 Å². The summed E-state index contributed by atoms with van der Waals surface area (Å²) in [5.41, 5.74) is 2.15. The van der Waals surface area contributed by atoms with Crippen LogP contribution in [0.15, 0.2) is 24.3 Å². The quantitative estimate of drug-likeness (QED) is 0.771.